The van der Waals surface area contributed by atoms with Crippen molar-refractivity contribution in [1.82, 2.24) is 10.2 Å². The van der Waals surface area contributed by atoms with Crippen LogP contribution in [-0.4, -0.2) is 35.4 Å². The zero-order chi connectivity index (χ0) is 21.5. The summed E-state index contributed by atoms with van der Waals surface area (Å²) in [7, 11) is 0. The van der Waals surface area contributed by atoms with Crippen LogP contribution < -0.4 is 10.1 Å². The molecule has 1 unspecified atom stereocenters. The van der Waals surface area contributed by atoms with Crippen molar-refractivity contribution >= 4 is 35.0 Å². The summed E-state index contributed by atoms with van der Waals surface area (Å²) in [4.78, 5) is 27.4. The maximum absolute atomic E-state index is 13.0. The lowest BCUT2D eigenvalue weighted by Gasteiger charge is -2.29. The number of nitrogens with zero attached hydrogens (tertiary/aromatic N) is 1. The van der Waals surface area contributed by atoms with Crippen LogP contribution >= 0.6 is 23.2 Å². The topological polar surface area (TPSA) is 58.6 Å². The Labute approximate surface area is 187 Å². The molecular weight excluding hydrogens is 423 g/mol. The van der Waals surface area contributed by atoms with Crippen LogP contribution in [0, 0.1) is 0 Å². The van der Waals surface area contributed by atoms with Crippen molar-refractivity contribution < 1.29 is 14.3 Å². The summed E-state index contributed by atoms with van der Waals surface area (Å²) in [5, 5.41) is 4.29. The van der Waals surface area contributed by atoms with Gasteiger partial charge < -0.3 is 15.0 Å². The van der Waals surface area contributed by atoms with Gasteiger partial charge in [0, 0.05) is 22.6 Å². The van der Waals surface area contributed by atoms with Crippen molar-refractivity contribution in [2.45, 2.75) is 51.2 Å². The highest BCUT2D eigenvalue weighted by atomic mass is 35.5. The lowest BCUT2D eigenvalue weighted by atomic mass is 10.1. The molecule has 5 nitrogen and oxygen atoms in total. The predicted molar refractivity (Wildman–Crippen MR) is 119 cm³/mol. The number of rotatable bonds is 8. The van der Waals surface area contributed by atoms with Gasteiger partial charge in [0.2, 0.25) is 5.91 Å². The molecule has 0 radical (unpaired) electrons. The maximum Gasteiger partial charge on any atom is 0.261 e. The number of hydrogen-bond donors (Lipinski definition) is 1. The van der Waals surface area contributed by atoms with Crippen molar-refractivity contribution in [1.29, 1.82) is 0 Å². The van der Waals surface area contributed by atoms with Crippen LogP contribution in [0.1, 0.15) is 38.2 Å². The molecule has 2 amide bonds. The number of benzene rings is 2. The molecule has 2 aromatic carbocycles. The highest BCUT2D eigenvalue weighted by Crippen LogP contribution is 2.19. The largest absolute Gasteiger partial charge is 0.484 e. The van der Waals surface area contributed by atoms with E-state index in [1.807, 2.05) is 12.1 Å². The molecule has 0 aromatic heterocycles. The number of carbonyl (C=O) groups is 2. The zero-order valence-electron chi connectivity index (χ0n) is 16.9. The van der Waals surface area contributed by atoms with E-state index in [4.69, 9.17) is 27.9 Å². The quantitative estimate of drug-likeness (QED) is 0.627. The maximum atomic E-state index is 13.0. The molecule has 3 rings (SSSR count). The van der Waals surface area contributed by atoms with Gasteiger partial charge in [-0.05, 0) is 61.7 Å². The summed E-state index contributed by atoms with van der Waals surface area (Å²) in [6.45, 7) is 1.87. The van der Waals surface area contributed by atoms with Crippen LogP contribution in [0.4, 0.5) is 0 Å². The van der Waals surface area contributed by atoms with E-state index < -0.39 is 6.04 Å². The highest BCUT2D eigenvalue weighted by Gasteiger charge is 2.28. The van der Waals surface area contributed by atoms with E-state index >= 15 is 0 Å². The van der Waals surface area contributed by atoms with E-state index in [-0.39, 0.29) is 24.5 Å². The van der Waals surface area contributed by atoms with Crippen LogP contribution in [0.2, 0.25) is 10.0 Å². The normalized spacial score (nSPS) is 14.9. The van der Waals surface area contributed by atoms with Gasteiger partial charge in [0.15, 0.2) is 6.61 Å². The van der Waals surface area contributed by atoms with Gasteiger partial charge in [0.25, 0.3) is 5.91 Å². The number of carbonyl (C=O) groups excluding carboxylic acids is 2. The Morgan fingerprint density at radius 1 is 1.03 bits per heavy atom. The Balaban J connectivity index is 1.69. The first-order valence-corrected chi connectivity index (χ1v) is 10.9. The minimum Gasteiger partial charge on any atom is -0.484 e. The monoisotopic (exact) mass is 448 g/mol. The molecule has 1 aliphatic carbocycles. The third-order valence-corrected chi connectivity index (χ3v) is 5.81. The molecule has 1 N–H and O–H groups in total. The third-order valence-electron chi connectivity index (χ3n) is 5.31. The van der Waals surface area contributed by atoms with Gasteiger partial charge in [0.05, 0.1) is 0 Å². The first kappa shape index (κ1) is 22.4. The van der Waals surface area contributed by atoms with Crippen LogP contribution in [0.15, 0.2) is 48.5 Å². The Morgan fingerprint density at radius 2 is 1.60 bits per heavy atom. The Morgan fingerprint density at radius 3 is 2.20 bits per heavy atom. The van der Waals surface area contributed by atoms with Gasteiger partial charge in [-0.3, -0.25) is 9.59 Å². The standard InChI is InChI=1S/C23H26Cl2N2O3/c1-16(23(29)26-20-4-2-3-5-20)27(14-17-6-8-18(24)9-7-17)22(28)15-30-21-12-10-19(25)11-13-21/h6-13,16,20H,2-5,14-15H2,1H3,(H,26,29). The van der Waals surface area contributed by atoms with Gasteiger partial charge >= 0.3 is 0 Å². The van der Waals surface area contributed by atoms with E-state index in [9.17, 15) is 9.59 Å². The summed E-state index contributed by atoms with van der Waals surface area (Å²) in [6, 6.07) is 13.6. The predicted octanol–water partition coefficient (Wildman–Crippen LogP) is 4.85. The lowest BCUT2D eigenvalue weighted by Crippen LogP contribution is -2.50. The number of halogens is 2. The molecule has 160 valence electrons. The molecule has 0 aliphatic heterocycles. The number of nitrogens with one attached hydrogen (secondary N) is 1. The molecule has 7 heteroatoms. The smallest absolute Gasteiger partial charge is 0.261 e. The fourth-order valence-electron chi connectivity index (χ4n) is 3.52. The SMILES string of the molecule is CC(C(=O)NC1CCCC1)N(Cc1ccc(Cl)cc1)C(=O)COc1ccc(Cl)cc1. The summed E-state index contributed by atoms with van der Waals surface area (Å²) < 4.78 is 5.62. The first-order chi connectivity index (χ1) is 14.4. The van der Waals surface area contributed by atoms with Crippen molar-refractivity contribution in [3.8, 4) is 5.75 Å². The summed E-state index contributed by atoms with van der Waals surface area (Å²) in [5.41, 5.74) is 0.889. The third kappa shape index (κ3) is 6.38. The number of hydrogen-bond acceptors (Lipinski definition) is 3. The van der Waals surface area contributed by atoms with Gasteiger partial charge in [-0.25, -0.2) is 0 Å². The van der Waals surface area contributed by atoms with E-state index in [0.717, 1.165) is 31.2 Å². The second-order valence-corrected chi connectivity index (χ2v) is 8.43. The first-order valence-electron chi connectivity index (χ1n) is 10.1. The Kier molecular flexibility index (Phi) is 8.00. The summed E-state index contributed by atoms with van der Waals surface area (Å²) in [5.74, 6) is 0.131. The molecule has 30 heavy (non-hydrogen) atoms. The van der Waals surface area contributed by atoms with Crippen molar-refractivity contribution in [2.24, 2.45) is 0 Å². The molecule has 1 atom stereocenters. The molecule has 0 heterocycles. The van der Waals surface area contributed by atoms with Crippen LogP contribution in [-0.2, 0) is 16.1 Å². The van der Waals surface area contributed by atoms with Crippen LogP contribution in [0.25, 0.3) is 0 Å². The van der Waals surface area contributed by atoms with E-state index in [1.54, 1.807) is 48.2 Å². The van der Waals surface area contributed by atoms with Crippen molar-refractivity contribution in [3.05, 3.63) is 64.1 Å². The Hall–Kier alpha value is -2.24. The molecular formula is C23H26Cl2N2O3. The molecule has 1 aliphatic rings. The number of ether oxygens (including phenoxy) is 1. The molecule has 0 saturated heterocycles. The molecule has 1 fully saturated rings. The lowest BCUT2D eigenvalue weighted by molar-refractivity contribution is -0.142. The molecule has 2 aromatic rings. The van der Waals surface area contributed by atoms with Crippen molar-refractivity contribution in [2.75, 3.05) is 6.61 Å². The molecule has 1 saturated carbocycles. The molecule has 0 spiro atoms. The fraction of sp³-hybridized carbons (Fsp3) is 0.391. The van der Waals surface area contributed by atoms with Crippen molar-refractivity contribution in [3.63, 3.8) is 0 Å². The average Bonchev–Trinajstić information content (AvgIpc) is 3.25. The minimum absolute atomic E-state index is 0.143. The van der Waals surface area contributed by atoms with E-state index in [2.05, 4.69) is 5.32 Å². The summed E-state index contributed by atoms with van der Waals surface area (Å²) in [6.07, 6.45) is 4.23. The van der Waals surface area contributed by atoms with Gasteiger partial charge in [-0.1, -0.05) is 48.2 Å². The van der Waals surface area contributed by atoms with Crippen LogP contribution in [0.3, 0.4) is 0 Å². The highest BCUT2D eigenvalue weighted by molar-refractivity contribution is 6.30. The van der Waals surface area contributed by atoms with Gasteiger partial charge in [-0.15, -0.1) is 0 Å². The Bertz CT molecular complexity index is 850. The summed E-state index contributed by atoms with van der Waals surface area (Å²) >= 11 is 11.9. The van der Waals surface area contributed by atoms with E-state index in [1.165, 1.54) is 0 Å². The number of amides is 2. The van der Waals surface area contributed by atoms with Gasteiger partial charge in [-0.2, -0.15) is 0 Å². The fourth-order valence-corrected chi connectivity index (χ4v) is 3.77. The zero-order valence-corrected chi connectivity index (χ0v) is 18.5. The van der Waals surface area contributed by atoms with Crippen LogP contribution in [0.5, 0.6) is 5.75 Å². The second-order valence-electron chi connectivity index (χ2n) is 7.56. The van der Waals surface area contributed by atoms with E-state index in [0.29, 0.717) is 22.3 Å². The average molecular weight is 449 g/mol. The van der Waals surface area contributed by atoms with Gasteiger partial charge in [0.1, 0.15) is 11.8 Å². The molecule has 0 bridgehead atoms. The minimum atomic E-state index is -0.623. The second kappa shape index (κ2) is 10.7.